The van der Waals surface area contributed by atoms with E-state index < -0.39 is 5.54 Å². The van der Waals surface area contributed by atoms with Crippen LogP contribution in [-0.2, 0) is 11.2 Å². The molecule has 0 spiro atoms. The quantitative estimate of drug-likeness (QED) is 0.902. The molecule has 0 atom stereocenters. The molecule has 1 aliphatic heterocycles. The third-order valence-electron chi connectivity index (χ3n) is 4.61. The number of carbonyl (C=O) groups excluding carboxylic acids is 2. The van der Waals surface area contributed by atoms with E-state index in [0.717, 1.165) is 11.3 Å². The molecule has 2 amide bonds. The van der Waals surface area contributed by atoms with Crippen molar-refractivity contribution in [3.8, 4) is 0 Å². The first-order valence-corrected chi connectivity index (χ1v) is 8.74. The summed E-state index contributed by atoms with van der Waals surface area (Å²) in [5, 5.41) is 3.08. The number of amides is 2. The highest BCUT2D eigenvalue weighted by atomic mass is 16.5. The van der Waals surface area contributed by atoms with Gasteiger partial charge in [0, 0.05) is 31.2 Å². The summed E-state index contributed by atoms with van der Waals surface area (Å²) < 4.78 is 5.14. The minimum atomic E-state index is -0.437. The molecule has 0 unspecified atom stereocenters. The molecule has 5 heteroatoms. The lowest BCUT2D eigenvalue weighted by Gasteiger charge is -2.31. The number of hydrogen-bond donors (Lipinski definition) is 1. The highest BCUT2D eigenvalue weighted by Gasteiger charge is 2.31. The summed E-state index contributed by atoms with van der Waals surface area (Å²) in [5.74, 6) is 0.0157. The summed E-state index contributed by atoms with van der Waals surface area (Å²) in [4.78, 5) is 27.5. The van der Waals surface area contributed by atoms with Crippen molar-refractivity contribution >= 4 is 23.2 Å². The van der Waals surface area contributed by atoms with Gasteiger partial charge in [0.25, 0.3) is 0 Å². The van der Waals surface area contributed by atoms with Gasteiger partial charge in [0.15, 0.2) is 5.78 Å². The molecule has 0 aliphatic carbocycles. The number of anilines is 2. The molecule has 3 rings (SSSR count). The third-order valence-corrected chi connectivity index (χ3v) is 4.61. The molecule has 2 aromatic rings. The number of rotatable bonds is 4. The second-order valence-corrected chi connectivity index (χ2v) is 7.14. The Hall–Kier alpha value is -2.66. The summed E-state index contributed by atoms with van der Waals surface area (Å²) in [7, 11) is 1.64. The highest BCUT2D eigenvalue weighted by molar-refractivity contribution is 6.12. The number of ketones is 1. The number of Topliss-reactive ketones (excluding diaryl/α,β-unsaturated/α-hetero) is 1. The Morgan fingerprint density at radius 1 is 1.12 bits per heavy atom. The van der Waals surface area contributed by atoms with Gasteiger partial charge in [-0.2, -0.15) is 0 Å². The van der Waals surface area contributed by atoms with Gasteiger partial charge in [0.2, 0.25) is 0 Å². The molecule has 0 radical (unpaired) electrons. The first-order valence-electron chi connectivity index (χ1n) is 8.74. The molecule has 0 aromatic heterocycles. The molecule has 0 fully saturated rings. The zero-order chi connectivity index (χ0) is 18.7. The standard InChI is InChI=1S/C21H24N2O3/c1-21(2,12-13-26-3)22-20(25)23-17-10-6-4-8-15(17)14-19(24)16-9-5-7-11-18(16)23/h4-11H,12-14H2,1-3H3,(H,22,25). The van der Waals surface area contributed by atoms with E-state index in [1.54, 1.807) is 18.1 Å². The van der Waals surface area contributed by atoms with Crippen molar-refractivity contribution in [3.63, 3.8) is 0 Å². The second kappa shape index (κ2) is 7.30. The van der Waals surface area contributed by atoms with Gasteiger partial charge < -0.3 is 10.1 Å². The fourth-order valence-corrected chi connectivity index (χ4v) is 3.16. The predicted molar refractivity (Wildman–Crippen MR) is 102 cm³/mol. The van der Waals surface area contributed by atoms with Gasteiger partial charge >= 0.3 is 6.03 Å². The Morgan fingerprint density at radius 2 is 1.77 bits per heavy atom. The summed E-state index contributed by atoms with van der Waals surface area (Å²) in [6.07, 6.45) is 0.968. The average molecular weight is 352 g/mol. The maximum absolute atomic E-state index is 13.2. The van der Waals surface area contributed by atoms with Crippen LogP contribution in [0, 0.1) is 0 Å². The van der Waals surface area contributed by atoms with Gasteiger partial charge in [-0.15, -0.1) is 0 Å². The lowest BCUT2D eigenvalue weighted by Crippen LogP contribution is -2.49. The van der Waals surface area contributed by atoms with E-state index in [1.807, 2.05) is 56.3 Å². The van der Waals surface area contributed by atoms with E-state index in [4.69, 9.17) is 4.74 Å². The number of benzene rings is 2. The monoisotopic (exact) mass is 352 g/mol. The van der Waals surface area contributed by atoms with Gasteiger partial charge in [-0.25, -0.2) is 4.79 Å². The Labute approximate surface area is 154 Å². The van der Waals surface area contributed by atoms with Crippen LogP contribution >= 0.6 is 0 Å². The summed E-state index contributed by atoms with van der Waals surface area (Å²) in [6, 6.07) is 14.6. The number of carbonyl (C=O) groups is 2. The topological polar surface area (TPSA) is 58.6 Å². The van der Waals surface area contributed by atoms with E-state index in [0.29, 0.717) is 24.3 Å². The van der Waals surface area contributed by atoms with Gasteiger partial charge in [-0.3, -0.25) is 9.69 Å². The van der Waals surface area contributed by atoms with Gasteiger partial charge in [0.05, 0.1) is 11.4 Å². The van der Waals surface area contributed by atoms with Crippen molar-refractivity contribution in [3.05, 3.63) is 59.7 Å². The van der Waals surface area contributed by atoms with Crippen LogP contribution in [0.25, 0.3) is 0 Å². The fourth-order valence-electron chi connectivity index (χ4n) is 3.16. The number of para-hydroxylation sites is 2. The van der Waals surface area contributed by atoms with Gasteiger partial charge in [-0.1, -0.05) is 30.3 Å². The van der Waals surface area contributed by atoms with Crippen molar-refractivity contribution in [2.75, 3.05) is 18.6 Å². The molecule has 1 aliphatic rings. The van der Waals surface area contributed by atoms with Crippen molar-refractivity contribution in [1.29, 1.82) is 0 Å². The number of hydrogen-bond acceptors (Lipinski definition) is 3. The second-order valence-electron chi connectivity index (χ2n) is 7.14. The van der Waals surface area contributed by atoms with Crippen molar-refractivity contribution in [2.24, 2.45) is 0 Å². The van der Waals surface area contributed by atoms with Crippen molar-refractivity contribution < 1.29 is 14.3 Å². The summed E-state index contributed by atoms with van der Waals surface area (Å²) in [5.41, 5.74) is 2.33. The first-order chi connectivity index (χ1) is 12.4. The number of nitrogens with zero attached hydrogens (tertiary/aromatic N) is 1. The van der Waals surface area contributed by atoms with Crippen LogP contribution < -0.4 is 10.2 Å². The number of fused-ring (bicyclic) bond motifs is 2. The first kappa shape index (κ1) is 18.1. The molecule has 0 saturated heterocycles. The fraction of sp³-hybridized carbons (Fsp3) is 0.333. The van der Waals surface area contributed by atoms with Crippen LogP contribution in [0.1, 0.15) is 36.2 Å². The van der Waals surface area contributed by atoms with Gasteiger partial charge in [0.1, 0.15) is 0 Å². The Bertz CT molecular complexity index is 830. The van der Waals surface area contributed by atoms with E-state index in [2.05, 4.69) is 5.32 Å². The molecule has 26 heavy (non-hydrogen) atoms. The van der Waals surface area contributed by atoms with Crippen molar-refractivity contribution in [1.82, 2.24) is 5.32 Å². The Morgan fingerprint density at radius 3 is 2.50 bits per heavy atom. The zero-order valence-electron chi connectivity index (χ0n) is 15.4. The van der Waals surface area contributed by atoms with E-state index >= 15 is 0 Å². The maximum Gasteiger partial charge on any atom is 0.326 e. The summed E-state index contributed by atoms with van der Waals surface area (Å²) in [6.45, 7) is 4.48. The minimum absolute atomic E-state index is 0.0157. The summed E-state index contributed by atoms with van der Waals surface area (Å²) >= 11 is 0. The molecule has 1 heterocycles. The number of methoxy groups -OCH3 is 1. The molecular weight excluding hydrogens is 328 g/mol. The Kier molecular flexibility index (Phi) is 5.09. The van der Waals surface area contributed by atoms with Crippen LogP contribution in [-0.4, -0.2) is 31.1 Å². The maximum atomic E-state index is 13.2. The largest absolute Gasteiger partial charge is 0.385 e. The number of ether oxygens (including phenoxy) is 1. The molecule has 5 nitrogen and oxygen atoms in total. The smallest absolute Gasteiger partial charge is 0.326 e. The average Bonchev–Trinajstić information content (AvgIpc) is 2.73. The zero-order valence-corrected chi connectivity index (χ0v) is 15.4. The molecule has 0 saturated carbocycles. The Balaban J connectivity index is 2.04. The van der Waals surface area contributed by atoms with Crippen LogP contribution in [0.4, 0.5) is 16.2 Å². The molecule has 2 aromatic carbocycles. The van der Waals surface area contributed by atoms with E-state index in [-0.39, 0.29) is 18.2 Å². The predicted octanol–water partition coefficient (Wildman–Crippen LogP) is 4.09. The lowest BCUT2D eigenvalue weighted by atomic mass is 10.0. The van der Waals surface area contributed by atoms with Crippen LogP contribution in [0.5, 0.6) is 0 Å². The van der Waals surface area contributed by atoms with Crippen LogP contribution in [0.15, 0.2) is 48.5 Å². The highest BCUT2D eigenvalue weighted by Crippen LogP contribution is 2.36. The lowest BCUT2D eigenvalue weighted by molar-refractivity contribution is 0.0994. The third kappa shape index (κ3) is 3.63. The van der Waals surface area contributed by atoms with Crippen LogP contribution in [0.3, 0.4) is 0 Å². The van der Waals surface area contributed by atoms with E-state index in [1.165, 1.54) is 0 Å². The van der Waals surface area contributed by atoms with Gasteiger partial charge in [-0.05, 0) is 44.0 Å². The molecule has 1 N–H and O–H groups in total. The SMILES string of the molecule is COCCC(C)(C)NC(=O)N1c2ccccc2CC(=O)c2ccccc21. The molecule has 136 valence electrons. The normalized spacial score (nSPS) is 13.7. The minimum Gasteiger partial charge on any atom is -0.385 e. The van der Waals surface area contributed by atoms with E-state index in [9.17, 15) is 9.59 Å². The molecule has 0 bridgehead atoms. The van der Waals surface area contributed by atoms with Crippen molar-refractivity contribution in [2.45, 2.75) is 32.2 Å². The number of nitrogens with one attached hydrogen (secondary N) is 1. The number of urea groups is 1. The van der Waals surface area contributed by atoms with Crippen LogP contribution in [0.2, 0.25) is 0 Å². The molecular formula is C21H24N2O3.